The number of hydrogen-bond donors (Lipinski definition) is 1. The van der Waals surface area contributed by atoms with Crippen molar-refractivity contribution in [2.24, 2.45) is 11.8 Å². The van der Waals surface area contributed by atoms with Gasteiger partial charge in [-0.3, -0.25) is 4.21 Å². The fraction of sp³-hybridized carbons (Fsp3) is 0.538. The molecule has 0 amide bonds. The Morgan fingerprint density at radius 1 is 1.35 bits per heavy atom. The number of nitrogen functional groups attached to an aromatic ring is 1. The van der Waals surface area contributed by atoms with Gasteiger partial charge in [-0.2, -0.15) is 0 Å². The summed E-state index contributed by atoms with van der Waals surface area (Å²) in [6.45, 7) is 6.47. The Kier molecular flexibility index (Phi) is 5.47. The van der Waals surface area contributed by atoms with Crippen LogP contribution in [0.15, 0.2) is 23.1 Å². The second-order valence-corrected chi connectivity index (χ2v) is 6.81. The van der Waals surface area contributed by atoms with E-state index in [4.69, 9.17) is 17.3 Å². The standard InChI is InChI=1S/C13H20ClNOS/c1-9(2)6-10(3)8-17(16)13-7-11(15)4-5-12(13)14/h4-5,7,9-10H,6,8,15H2,1-3H3. The summed E-state index contributed by atoms with van der Waals surface area (Å²) >= 11 is 6.03. The van der Waals surface area contributed by atoms with Crippen LogP contribution in [0, 0.1) is 11.8 Å². The van der Waals surface area contributed by atoms with Crippen molar-refractivity contribution in [3.63, 3.8) is 0 Å². The molecule has 0 radical (unpaired) electrons. The second-order valence-electron chi connectivity index (χ2n) is 4.94. The largest absolute Gasteiger partial charge is 0.399 e. The molecule has 4 heteroatoms. The Morgan fingerprint density at radius 3 is 2.59 bits per heavy atom. The first-order chi connectivity index (χ1) is 7.90. The smallest absolute Gasteiger partial charge is 0.0594 e. The van der Waals surface area contributed by atoms with E-state index >= 15 is 0 Å². The van der Waals surface area contributed by atoms with E-state index in [2.05, 4.69) is 20.8 Å². The van der Waals surface area contributed by atoms with Gasteiger partial charge in [0, 0.05) is 11.4 Å². The third-order valence-electron chi connectivity index (χ3n) is 2.51. The highest BCUT2D eigenvalue weighted by atomic mass is 35.5. The van der Waals surface area contributed by atoms with Crippen LogP contribution in [0.25, 0.3) is 0 Å². The molecule has 0 aromatic heterocycles. The molecule has 2 nitrogen and oxygen atoms in total. The molecule has 1 aromatic rings. The second kappa shape index (κ2) is 6.41. The van der Waals surface area contributed by atoms with Crippen LogP contribution in [-0.2, 0) is 10.8 Å². The summed E-state index contributed by atoms with van der Waals surface area (Å²) in [5.74, 6) is 1.69. The highest BCUT2D eigenvalue weighted by Gasteiger charge is 2.14. The molecule has 0 aliphatic carbocycles. The van der Waals surface area contributed by atoms with E-state index in [1.807, 2.05) is 0 Å². The van der Waals surface area contributed by atoms with Crippen molar-refractivity contribution >= 4 is 28.1 Å². The predicted octanol–water partition coefficient (Wildman–Crippen LogP) is 3.71. The van der Waals surface area contributed by atoms with Gasteiger partial charge in [0.1, 0.15) is 0 Å². The third-order valence-corrected chi connectivity index (χ3v) is 4.65. The summed E-state index contributed by atoms with van der Waals surface area (Å²) in [6, 6.07) is 5.14. The molecule has 0 heterocycles. The average molecular weight is 274 g/mol. The molecule has 0 bridgehead atoms. The van der Waals surface area contributed by atoms with Crippen LogP contribution in [0.1, 0.15) is 27.2 Å². The summed E-state index contributed by atoms with van der Waals surface area (Å²) in [5.41, 5.74) is 6.29. The molecule has 0 fully saturated rings. The van der Waals surface area contributed by atoms with Crippen LogP contribution < -0.4 is 5.73 Å². The minimum absolute atomic E-state index is 0.424. The predicted molar refractivity (Wildman–Crippen MR) is 75.8 cm³/mol. The molecule has 0 aliphatic heterocycles. The lowest BCUT2D eigenvalue weighted by atomic mass is 10.0. The van der Waals surface area contributed by atoms with Crippen LogP contribution in [-0.4, -0.2) is 9.96 Å². The lowest BCUT2D eigenvalue weighted by Crippen LogP contribution is -2.11. The molecular formula is C13H20ClNOS. The van der Waals surface area contributed by atoms with Gasteiger partial charge in [-0.25, -0.2) is 0 Å². The first kappa shape index (κ1) is 14.5. The van der Waals surface area contributed by atoms with E-state index in [-0.39, 0.29) is 0 Å². The van der Waals surface area contributed by atoms with E-state index in [1.54, 1.807) is 18.2 Å². The quantitative estimate of drug-likeness (QED) is 0.831. The van der Waals surface area contributed by atoms with E-state index < -0.39 is 10.8 Å². The summed E-state index contributed by atoms with van der Waals surface area (Å²) in [5, 5.41) is 0.536. The maximum absolute atomic E-state index is 12.2. The molecule has 0 aliphatic rings. The summed E-state index contributed by atoms with van der Waals surface area (Å²) in [4.78, 5) is 0.655. The summed E-state index contributed by atoms with van der Waals surface area (Å²) in [6.07, 6.45) is 1.08. The monoisotopic (exact) mass is 273 g/mol. The number of benzene rings is 1. The van der Waals surface area contributed by atoms with Gasteiger partial charge < -0.3 is 5.73 Å². The zero-order valence-corrected chi connectivity index (χ0v) is 12.1. The van der Waals surface area contributed by atoms with Gasteiger partial charge in [-0.15, -0.1) is 0 Å². The topological polar surface area (TPSA) is 43.1 Å². The maximum Gasteiger partial charge on any atom is 0.0594 e. The van der Waals surface area contributed by atoms with Crippen molar-refractivity contribution < 1.29 is 4.21 Å². The third kappa shape index (κ3) is 4.68. The zero-order chi connectivity index (χ0) is 13.0. The van der Waals surface area contributed by atoms with Gasteiger partial charge >= 0.3 is 0 Å². The van der Waals surface area contributed by atoms with E-state index in [9.17, 15) is 4.21 Å². The highest BCUT2D eigenvalue weighted by molar-refractivity contribution is 7.85. The van der Waals surface area contributed by atoms with Gasteiger partial charge in [0.2, 0.25) is 0 Å². The van der Waals surface area contributed by atoms with Crippen LogP contribution in [0.4, 0.5) is 5.69 Å². The van der Waals surface area contributed by atoms with Crippen molar-refractivity contribution in [3.05, 3.63) is 23.2 Å². The van der Waals surface area contributed by atoms with Crippen molar-refractivity contribution in [3.8, 4) is 0 Å². The molecule has 2 N–H and O–H groups in total. The van der Waals surface area contributed by atoms with Crippen LogP contribution in [0.3, 0.4) is 0 Å². The number of halogens is 1. The fourth-order valence-corrected chi connectivity index (χ4v) is 3.68. The highest BCUT2D eigenvalue weighted by Crippen LogP contribution is 2.24. The van der Waals surface area contributed by atoms with Crippen LogP contribution in [0.5, 0.6) is 0 Å². The Morgan fingerprint density at radius 2 is 2.00 bits per heavy atom. The number of nitrogens with two attached hydrogens (primary N) is 1. The van der Waals surface area contributed by atoms with Gasteiger partial charge in [-0.05, 0) is 36.5 Å². The van der Waals surface area contributed by atoms with Gasteiger partial charge in [0.25, 0.3) is 0 Å². The number of anilines is 1. The Balaban J connectivity index is 2.73. The molecule has 2 unspecified atom stereocenters. The molecule has 0 saturated carbocycles. The summed E-state index contributed by atoms with van der Waals surface area (Å²) < 4.78 is 12.2. The van der Waals surface area contributed by atoms with Crippen molar-refractivity contribution in [1.29, 1.82) is 0 Å². The minimum Gasteiger partial charge on any atom is -0.399 e. The van der Waals surface area contributed by atoms with E-state index in [0.29, 0.717) is 33.2 Å². The lowest BCUT2D eigenvalue weighted by molar-refractivity contribution is 0.471. The first-order valence-electron chi connectivity index (χ1n) is 5.83. The first-order valence-corrected chi connectivity index (χ1v) is 7.53. The van der Waals surface area contributed by atoms with Gasteiger partial charge in [0.15, 0.2) is 0 Å². The van der Waals surface area contributed by atoms with Gasteiger partial charge in [-0.1, -0.05) is 32.4 Å². The van der Waals surface area contributed by atoms with E-state index in [0.717, 1.165) is 6.42 Å². The Labute approximate surface area is 111 Å². The molecule has 0 spiro atoms. The van der Waals surface area contributed by atoms with Crippen molar-refractivity contribution in [2.45, 2.75) is 32.1 Å². The SMILES string of the molecule is CC(C)CC(C)CS(=O)c1cc(N)ccc1Cl. The molecule has 1 aromatic carbocycles. The molecular weight excluding hydrogens is 254 g/mol. The van der Waals surface area contributed by atoms with E-state index in [1.165, 1.54) is 0 Å². The van der Waals surface area contributed by atoms with Crippen molar-refractivity contribution in [2.75, 3.05) is 11.5 Å². The molecule has 2 atom stereocenters. The number of hydrogen-bond acceptors (Lipinski definition) is 2. The molecule has 96 valence electrons. The van der Waals surface area contributed by atoms with Crippen molar-refractivity contribution in [1.82, 2.24) is 0 Å². The average Bonchev–Trinajstić information content (AvgIpc) is 2.20. The normalized spacial score (nSPS) is 14.9. The minimum atomic E-state index is -1.06. The molecule has 0 saturated heterocycles. The number of rotatable bonds is 5. The maximum atomic E-state index is 12.2. The molecule has 17 heavy (non-hydrogen) atoms. The Bertz CT molecular complexity index is 406. The van der Waals surface area contributed by atoms with Gasteiger partial charge in [0.05, 0.1) is 20.7 Å². The summed E-state index contributed by atoms with van der Waals surface area (Å²) in [7, 11) is -1.06. The Hall–Kier alpha value is -0.540. The zero-order valence-electron chi connectivity index (χ0n) is 10.6. The van der Waals surface area contributed by atoms with Crippen LogP contribution in [0.2, 0.25) is 5.02 Å². The fourth-order valence-electron chi connectivity index (χ4n) is 1.92. The van der Waals surface area contributed by atoms with Crippen LogP contribution >= 0.6 is 11.6 Å². The lowest BCUT2D eigenvalue weighted by Gasteiger charge is -2.14. The molecule has 1 rings (SSSR count).